The molecule has 122 valence electrons. The van der Waals surface area contributed by atoms with Crippen LogP contribution in [0.2, 0.25) is 10.0 Å². The van der Waals surface area contributed by atoms with Crippen molar-refractivity contribution in [2.75, 3.05) is 7.05 Å². The molecule has 0 aliphatic carbocycles. The van der Waals surface area contributed by atoms with Crippen molar-refractivity contribution in [2.24, 2.45) is 0 Å². The number of amides is 1. The highest BCUT2D eigenvalue weighted by atomic mass is 35.5. The predicted octanol–water partition coefficient (Wildman–Crippen LogP) is 5.52. The zero-order valence-corrected chi connectivity index (χ0v) is 15.2. The van der Waals surface area contributed by atoms with Gasteiger partial charge in [0.1, 0.15) is 5.60 Å². The zero-order valence-electron chi connectivity index (χ0n) is 13.7. The molecule has 0 aromatic heterocycles. The normalized spacial score (nSPS) is 14.1. The summed E-state index contributed by atoms with van der Waals surface area (Å²) in [6.45, 7) is 11.3. The van der Waals surface area contributed by atoms with Gasteiger partial charge in [-0.25, -0.2) is 4.79 Å². The molecule has 2 atom stereocenters. The first-order valence-corrected chi connectivity index (χ1v) is 7.85. The molecule has 0 spiro atoms. The van der Waals surface area contributed by atoms with Gasteiger partial charge in [-0.15, -0.1) is 6.58 Å². The number of hydrogen-bond acceptors (Lipinski definition) is 2. The Morgan fingerprint density at radius 2 is 1.91 bits per heavy atom. The van der Waals surface area contributed by atoms with Crippen molar-refractivity contribution in [2.45, 2.75) is 45.3 Å². The number of nitrogens with zero attached hydrogens (tertiary/aromatic N) is 1. The first kappa shape index (κ1) is 18.9. The molecule has 0 saturated carbocycles. The van der Waals surface area contributed by atoms with Crippen LogP contribution < -0.4 is 0 Å². The van der Waals surface area contributed by atoms with E-state index in [1.165, 1.54) is 0 Å². The molecule has 1 aromatic rings. The highest BCUT2D eigenvalue weighted by molar-refractivity contribution is 6.42. The van der Waals surface area contributed by atoms with Gasteiger partial charge in [0.25, 0.3) is 0 Å². The quantitative estimate of drug-likeness (QED) is 0.673. The highest BCUT2D eigenvalue weighted by Crippen LogP contribution is 2.30. The fourth-order valence-electron chi connectivity index (χ4n) is 2.07. The van der Waals surface area contributed by atoms with Crippen molar-refractivity contribution < 1.29 is 9.53 Å². The third-order valence-corrected chi connectivity index (χ3v) is 4.13. The minimum Gasteiger partial charge on any atom is -0.444 e. The number of likely N-dealkylation sites (N-methyl/N-ethyl adjacent to an activating group) is 1. The van der Waals surface area contributed by atoms with Crippen LogP contribution in [0, 0.1) is 0 Å². The Balaban J connectivity index is 2.96. The molecule has 0 saturated heterocycles. The van der Waals surface area contributed by atoms with Gasteiger partial charge in [-0.2, -0.15) is 0 Å². The van der Waals surface area contributed by atoms with Gasteiger partial charge in [0, 0.05) is 19.0 Å². The fourth-order valence-corrected chi connectivity index (χ4v) is 2.38. The van der Waals surface area contributed by atoms with Crippen LogP contribution in [-0.4, -0.2) is 29.7 Å². The first-order chi connectivity index (χ1) is 10.1. The molecular weight excluding hydrogens is 321 g/mol. The lowest BCUT2D eigenvalue weighted by Crippen LogP contribution is -2.41. The van der Waals surface area contributed by atoms with Crippen LogP contribution in [0.15, 0.2) is 30.9 Å². The minimum absolute atomic E-state index is 0.0766. The maximum absolute atomic E-state index is 12.2. The Morgan fingerprint density at radius 3 is 2.36 bits per heavy atom. The van der Waals surface area contributed by atoms with Crippen LogP contribution in [0.4, 0.5) is 4.79 Å². The van der Waals surface area contributed by atoms with Gasteiger partial charge in [-0.1, -0.05) is 35.3 Å². The van der Waals surface area contributed by atoms with E-state index in [9.17, 15) is 4.79 Å². The van der Waals surface area contributed by atoms with Gasteiger partial charge in [-0.05, 0) is 45.4 Å². The summed E-state index contributed by atoms with van der Waals surface area (Å²) in [5.41, 5.74) is 0.422. The smallest absolute Gasteiger partial charge is 0.410 e. The molecule has 0 fully saturated rings. The van der Waals surface area contributed by atoms with Crippen molar-refractivity contribution in [1.82, 2.24) is 4.90 Å². The van der Waals surface area contributed by atoms with Crippen molar-refractivity contribution in [1.29, 1.82) is 0 Å². The zero-order chi connectivity index (χ0) is 17.1. The number of carbonyl (C=O) groups is 1. The maximum atomic E-state index is 12.2. The summed E-state index contributed by atoms with van der Waals surface area (Å²) < 4.78 is 5.40. The SMILES string of the molecule is C=CC(c1ccc(Cl)c(Cl)c1)[C@H](C)N(C)C(=O)OC(C)(C)C. The van der Waals surface area contributed by atoms with Gasteiger partial charge >= 0.3 is 6.09 Å². The van der Waals surface area contributed by atoms with E-state index in [0.717, 1.165) is 5.56 Å². The lowest BCUT2D eigenvalue weighted by molar-refractivity contribution is 0.0225. The molecule has 5 heteroatoms. The largest absolute Gasteiger partial charge is 0.444 e. The number of rotatable bonds is 4. The van der Waals surface area contributed by atoms with Gasteiger partial charge in [0.05, 0.1) is 10.0 Å². The second kappa shape index (κ2) is 7.38. The summed E-state index contributed by atoms with van der Waals surface area (Å²) in [6, 6.07) is 5.30. The Morgan fingerprint density at radius 1 is 1.32 bits per heavy atom. The molecule has 1 unspecified atom stereocenters. The van der Waals surface area contributed by atoms with Crippen molar-refractivity contribution in [3.05, 3.63) is 46.5 Å². The monoisotopic (exact) mass is 343 g/mol. The van der Waals surface area contributed by atoms with Crippen molar-refractivity contribution >= 4 is 29.3 Å². The molecule has 22 heavy (non-hydrogen) atoms. The average Bonchev–Trinajstić information content (AvgIpc) is 2.40. The molecule has 0 radical (unpaired) electrons. The summed E-state index contributed by atoms with van der Waals surface area (Å²) in [4.78, 5) is 13.8. The van der Waals surface area contributed by atoms with Gasteiger partial charge < -0.3 is 9.64 Å². The standard InChI is InChI=1S/C17H23Cl2NO2/c1-7-13(12-8-9-14(18)15(19)10-12)11(2)20(6)16(21)22-17(3,4)5/h7-11,13H,1H2,2-6H3/t11-,13?/m0/s1. The number of benzene rings is 1. The van der Waals surface area contributed by atoms with Crippen molar-refractivity contribution in [3.8, 4) is 0 Å². The van der Waals surface area contributed by atoms with Gasteiger partial charge in [0.15, 0.2) is 0 Å². The van der Waals surface area contributed by atoms with Gasteiger partial charge in [0.2, 0.25) is 0 Å². The molecule has 0 heterocycles. The van der Waals surface area contributed by atoms with E-state index in [-0.39, 0.29) is 18.1 Å². The molecule has 1 aromatic carbocycles. The van der Waals surface area contributed by atoms with E-state index in [1.807, 2.05) is 33.8 Å². The van der Waals surface area contributed by atoms with E-state index in [0.29, 0.717) is 10.0 Å². The lowest BCUT2D eigenvalue weighted by atomic mass is 9.92. The van der Waals surface area contributed by atoms with Crippen LogP contribution >= 0.6 is 23.2 Å². The van der Waals surface area contributed by atoms with Crippen LogP contribution in [0.3, 0.4) is 0 Å². The summed E-state index contributed by atoms with van der Waals surface area (Å²) in [7, 11) is 1.72. The third-order valence-electron chi connectivity index (χ3n) is 3.39. The molecule has 0 aliphatic heterocycles. The van der Waals surface area contributed by atoms with E-state index in [1.54, 1.807) is 30.2 Å². The molecule has 0 N–H and O–H groups in total. The van der Waals surface area contributed by atoms with E-state index in [4.69, 9.17) is 27.9 Å². The third kappa shape index (κ3) is 4.92. The summed E-state index contributed by atoms with van der Waals surface area (Å²) in [6.07, 6.45) is 1.43. The molecule has 1 amide bonds. The summed E-state index contributed by atoms with van der Waals surface area (Å²) in [5, 5.41) is 0.986. The Bertz CT molecular complexity index is 552. The van der Waals surface area contributed by atoms with E-state index < -0.39 is 5.60 Å². The number of hydrogen-bond donors (Lipinski definition) is 0. The van der Waals surface area contributed by atoms with Crippen LogP contribution in [-0.2, 0) is 4.74 Å². The molecule has 0 aliphatic rings. The highest BCUT2D eigenvalue weighted by Gasteiger charge is 2.27. The second-order valence-electron chi connectivity index (χ2n) is 6.27. The second-order valence-corrected chi connectivity index (χ2v) is 7.08. The summed E-state index contributed by atoms with van der Waals surface area (Å²) in [5.74, 6) is -0.0766. The van der Waals surface area contributed by atoms with E-state index >= 15 is 0 Å². The molecule has 0 bridgehead atoms. The number of ether oxygens (including phenoxy) is 1. The number of carbonyl (C=O) groups excluding carboxylic acids is 1. The Kier molecular flexibility index (Phi) is 6.33. The topological polar surface area (TPSA) is 29.5 Å². The van der Waals surface area contributed by atoms with Crippen LogP contribution in [0.25, 0.3) is 0 Å². The van der Waals surface area contributed by atoms with E-state index in [2.05, 4.69) is 6.58 Å². The van der Waals surface area contributed by atoms with Gasteiger partial charge in [-0.3, -0.25) is 0 Å². The first-order valence-electron chi connectivity index (χ1n) is 7.10. The average molecular weight is 344 g/mol. The van der Waals surface area contributed by atoms with Crippen LogP contribution in [0.1, 0.15) is 39.2 Å². The van der Waals surface area contributed by atoms with Crippen molar-refractivity contribution in [3.63, 3.8) is 0 Å². The molecular formula is C17H23Cl2NO2. The van der Waals surface area contributed by atoms with Crippen LogP contribution in [0.5, 0.6) is 0 Å². The fraction of sp³-hybridized carbons (Fsp3) is 0.471. The summed E-state index contributed by atoms with van der Waals surface area (Å²) >= 11 is 12.0. The number of halogens is 2. The maximum Gasteiger partial charge on any atom is 0.410 e. The molecule has 3 nitrogen and oxygen atoms in total. The molecule has 1 rings (SSSR count). The predicted molar refractivity (Wildman–Crippen MR) is 92.9 cm³/mol. The Hall–Kier alpha value is -1.19. The minimum atomic E-state index is -0.529. The lowest BCUT2D eigenvalue weighted by Gasteiger charge is -2.32. The Labute approximate surface area is 142 Å².